The molecule has 2 N–H and O–H groups in total. The first-order chi connectivity index (χ1) is 21.2. The summed E-state index contributed by atoms with van der Waals surface area (Å²) in [6.45, 7) is 9.84. The lowest BCUT2D eigenvalue weighted by molar-refractivity contribution is 0.922. The number of rotatable bonds is 2. The van der Waals surface area contributed by atoms with Crippen LogP contribution in [-0.4, -0.2) is 39.9 Å². The van der Waals surface area contributed by atoms with Gasteiger partial charge in [0.05, 0.1) is 0 Å². The number of nitrogens with one attached hydrogen (secondary N) is 2. The third-order valence-electron chi connectivity index (χ3n) is 6.45. The zero-order chi connectivity index (χ0) is 30.0. The van der Waals surface area contributed by atoms with E-state index in [0.717, 1.165) is 21.9 Å². The van der Waals surface area contributed by atoms with Crippen LogP contribution in [0.5, 0.6) is 0 Å². The van der Waals surface area contributed by atoms with Crippen LogP contribution in [0.15, 0.2) is 97.6 Å². The Hall–Kier alpha value is -5.50. The first-order valence-electron chi connectivity index (χ1n) is 14.4. The highest BCUT2D eigenvalue weighted by molar-refractivity contribution is 6.04. The van der Waals surface area contributed by atoms with Crippen molar-refractivity contribution >= 4 is 34.2 Å². The van der Waals surface area contributed by atoms with Crippen LogP contribution in [0.1, 0.15) is 32.4 Å². The fraction of sp³-hybridized carbons (Fsp3) is 0.143. The van der Waals surface area contributed by atoms with Crippen LogP contribution < -0.4 is 11.0 Å². The maximum atomic E-state index is 4.97. The molecule has 0 fully saturated rings. The van der Waals surface area contributed by atoms with Crippen molar-refractivity contribution in [2.75, 3.05) is 0 Å². The molecule has 43 heavy (non-hydrogen) atoms. The third-order valence-corrected chi connectivity index (χ3v) is 6.45. The molecule has 214 valence electrons. The fourth-order valence-electron chi connectivity index (χ4n) is 4.60. The van der Waals surface area contributed by atoms with E-state index in [0.29, 0.717) is 58.4 Å². The molecule has 8 nitrogen and oxygen atoms in total. The number of allylic oxidation sites excluding steroid dienone is 7. The Bertz CT molecular complexity index is 2040. The maximum absolute atomic E-state index is 4.97. The van der Waals surface area contributed by atoms with E-state index in [1.807, 2.05) is 112 Å². The van der Waals surface area contributed by atoms with Crippen molar-refractivity contribution in [3.05, 3.63) is 120 Å². The molecule has 6 bridgehead atoms. The molecule has 6 rings (SSSR count). The van der Waals surface area contributed by atoms with Gasteiger partial charge in [0.25, 0.3) is 0 Å². The topological polar surface area (TPSA) is 109 Å². The molecule has 0 amide bonds. The average molecular weight is 567 g/mol. The average Bonchev–Trinajstić information content (AvgIpc) is 3.58. The van der Waals surface area contributed by atoms with Gasteiger partial charge in [0.1, 0.15) is 33.9 Å². The monoisotopic (exact) mass is 566 g/mol. The highest BCUT2D eigenvalue weighted by Crippen LogP contribution is 2.32. The zero-order valence-corrected chi connectivity index (χ0v) is 24.6. The largest absolute Gasteiger partial charge is 0.325 e. The van der Waals surface area contributed by atoms with E-state index < -0.39 is 0 Å². The van der Waals surface area contributed by atoms with Gasteiger partial charge in [-0.15, -0.1) is 0 Å². The summed E-state index contributed by atoms with van der Waals surface area (Å²) >= 11 is 0. The molecule has 0 unspecified atom stereocenters. The van der Waals surface area contributed by atoms with Crippen LogP contribution >= 0.6 is 0 Å². The minimum atomic E-state index is 0.535. The van der Waals surface area contributed by atoms with Crippen molar-refractivity contribution in [3.8, 4) is 22.8 Å². The lowest BCUT2D eigenvalue weighted by Crippen LogP contribution is -2.22. The normalized spacial score (nSPS) is 14.9. The van der Waals surface area contributed by atoms with Gasteiger partial charge in [-0.3, -0.25) is 0 Å². The summed E-state index contributed by atoms with van der Waals surface area (Å²) in [7, 11) is 0. The number of H-pyrrole nitrogens is 2. The van der Waals surface area contributed by atoms with Crippen molar-refractivity contribution in [2.45, 2.75) is 33.6 Å². The Morgan fingerprint density at radius 3 is 1.88 bits per heavy atom. The standard InChI is InChI=1S/C33H28N8.C2H6/c1-3-5-19-27-34-26(14-4-2)36-30-22-15-10-11-16-23(22)32(40-30)38-28-20-8-6-7-9-21-29(35-28)39-33-25-18-13-12-17-24(25)31(37-27)41-33;1-2/h3-19,34H,2,20-21H2,1H3,(H,35,36,37,38,39,40,41);1-2H3/b5-3-,8-6-,9-7-,26-14-,27-19-;. The number of nitrogens with zero attached hydrogens (tertiary/aromatic N) is 6. The van der Waals surface area contributed by atoms with Crippen molar-refractivity contribution in [1.29, 1.82) is 0 Å². The second-order valence-corrected chi connectivity index (χ2v) is 9.32. The van der Waals surface area contributed by atoms with Gasteiger partial charge in [-0.2, -0.15) is 0 Å². The Morgan fingerprint density at radius 2 is 1.23 bits per heavy atom. The Morgan fingerprint density at radius 1 is 0.651 bits per heavy atom. The van der Waals surface area contributed by atoms with Crippen LogP contribution in [0.4, 0.5) is 0 Å². The van der Waals surface area contributed by atoms with Gasteiger partial charge in [0, 0.05) is 34.7 Å². The number of hydrogen-bond donors (Lipinski definition) is 2. The highest BCUT2D eigenvalue weighted by Gasteiger charge is 2.18. The lowest BCUT2D eigenvalue weighted by atomic mass is 10.1. The molecular weight excluding hydrogens is 532 g/mol. The van der Waals surface area contributed by atoms with E-state index in [-0.39, 0.29) is 0 Å². The predicted molar refractivity (Wildman–Crippen MR) is 176 cm³/mol. The summed E-state index contributed by atoms with van der Waals surface area (Å²) in [5, 5.41) is 1.88. The van der Waals surface area contributed by atoms with Gasteiger partial charge in [0.15, 0.2) is 11.6 Å². The summed E-state index contributed by atoms with van der Waals surface area (Å²) in [5.74, 6) is 2.36. The second kappa shape index (κ2) is 13.9. The highest BCUT2D eigenvalue weighted by atomic mass is 15.0. The number of aromatic nitrogens is 8. The molecule has 0 saturated heterocycles. The van der Waals surface area contributed by atoms with Crippen LogP contribution in [-0.2, 0) is 12.8 Å². The summed E-state index contributed by atoms with van der Waals surface area (Å²) in [6, 6.07) is 16.0. The van der Waals surface area contributed by atoms with Crippen LogP contribution in [0.3, 0.4) is 0 Å². The first-order valence-corrected chi connectivity index (χ1v) is 14.4. The molecule has 0 spiro atoms. The number of benzene rings is 2. The Kier molecular flexibility index (Phi) is 9.39. The van der Waals surface area contributed by atoms with E-state index in [2.05, 4.69) is 16.5 Å². The minimum Gasteiger partial charge on any atom is -0.325 e. The molecule has 2 aliphatic rings. The van der Waals surface area contributed by atoms with Gasteiger partial charge < -0.3 is 9.97 Å². The molecule has 0 saturated carbocycles. The number of aromatic amines is 2. The summed E-state index contributed by atoms with van der Waals surface area (Å²) in [4.78, 5) is 36.3. The maximum Gasteiger partial charge on any atom is 0.164 e. The van der Waals surface area contributed by atoms with Gasteiger partial charge in [0.2, 0.25) is 0 Å². The second-order valence-electron chi connectivity index (χ2n) is 9.32. The van der Waals surface area contributed by atoms with Gasteiger partial charge in [-0.25, -0.2) is 29.9 Å². The van der Waals surface area contributed by atoms with Crippen molar-refractivity contribution in [1.82, 2.24) is 39.9 Å². The van der Waals surface area contributed by atoms with Crippen molar-refractivity contribution < 1.29 is 0 Å². The molecular formula is C35H34N8. The zero-order valence-electron chi connectivity index (χ0n) is 24.6. The number of fused-ring (bicyclic) bond motifs is 12. The molecule has 0 radical (unpaired) electrons. The van der Waals surface area contributed by atoms with E-state index in [1.165, 1.54) is 0 Å². The molecule has 0 aliphatic carbocycles. The predicted octanol–water partition coefficient (Wildman–Crippen LogP) is 6.04. The van der Waals surface area contributed by atoms with Crippen LogP contribution in [0.2, 0.25) is 0 Å². The van der Waals surface area contributed by atoms with E-state index in [1.54, 1.807) is 12.2 Å². The molecule has 4 aromatic rings. The van der Waals surface area contributed by atoms with Crippen LogP contribution in [0.25, 0.3) is 57.0 Å². The molecule has 2 aliphatic heterocycles. The minimum absolute atomic E-state index is 0.535. The van der Waals surface area contributed by atoms with E-state index in [4.69, 9.17) is 29.9 Å². The van der Waals surface area contributed by atoms with Crippen molar-refractivity contribution in [3.63, 3.8) is 0 Å². The molecule has 2 aromatic carbocycles. The molecule has 4 heterocycles. The van der Waals surface area contributed by atoms with Gasteiger partial charge in [-0.1, -0.05) is 111 Å². The third kappa shape index (κ3) is 6.70. The first kappa shape index (κ1) is 29.0. The van der Waals surface area contributed by atoms with E-state index >= 15 is 0 Å². The summed E-state index contributed by atoms with van der Waals surface area (Å²) in [5.41, 5.74) is 4.24. The van der Waals surface area contributed by atoms with Gasteiger partial charge >= 0.3 is 0 Å². The SMILES string of the molecule is C=C/C=c1\nc2[nH]c(nc3nc(nc4nc(n/c(=C\C=C/C)[nH]1)-c1ccccc1-4)C/C=C\C=C/C3)c1ccccc21.CC. The molecule has 0 atom stereocenters. The Labute approximate surface area is 250 Å². The van der Waals surface area contributed by atoms with E-state index in [9.17, 15) is 0 Å². The Balaban J connectivity index is 0.00000180. The fourth-order valence-corrected chi connectivity index (χ4v) is 4.60. The molecule has 8 heteroatoms. The van der Waals surface area contributed by atoms with Crippen molar-refractivity contribution in [2.24, 2.45) is 0 Å². The lowest BCUT2D eigenvalue weighted by Gasteiger charge is -1.98. The smallest absolute Gasteiger partial charge is 0.164 e. The van der Waals surface area contributed by atoms with Gasteiger partial charge in [-0.05, 0) is 19.1 Å². The quantitative estimate of drug-likeness (QED) is 0.270. The summed E-state index contributed by atoms with van der Waals surface area (Å²) in [6.07, 6.45) is 18.4. The number of hydrogen-bond acceptors (Lipinski definition) is 6. The summed E-state index contributed by atoms with van der Waals surface area (Å²) < 4.78 is 0. The van der Waals surface area contributed by atoms with Crippen LogP contribution in [0, 0.1) is 0 Å². The molecule has 2 aromatic heterocycles.